The van der Waals surface area contributed by atoms with Crippen LogP contribution in [0.1, 0.15) is 30.6 Å². The summed E-state index contributed by atoms with van der Waals surface area (Å²) in [5.41, 5.74) is 6.29. The van der Waals surface area contributed by atoms with Gasteiger partial charge in [0.15, 0.2) is 0 Å². The first kappa shape index (κ1) is 17.1. The number of aliphatic imine (C=N–C) groups is 1. The highest BCUT2D eigenvalue weighted by Crippen LogP contribution is 2.35. The Morgan fingerprint density at radius 2 is 2.09 bits per heavy atom. The third kappa shape index (κ3) is 3.54. The number of ether oxygens (including phenoxy) is 1. The molecule has 1 aliphatic heterocycles. The molecule has 0 aliphatic carbocycles. The van der Waals surface area contributed by atoms with Gasteiger partial charge in [-0.05, 0) is 19.4 Å². The Morgan fingerprint density at radius 1 is 1.45 bits per heavy atom. The lowest BCUT2D eigenvalue weighted by atomic mass is 10.3. The van der Waals surface area contributed by atoms with Crippen LogP contribution in [0.4, 0.5) is 5.00 Å². The van der Waals surface area contributed by atoms with Crippen LogP contribution in [0.25, 0.3) is 0 Å². The maximum atomic E-state index is 12.6. The summed E-state index contributed by atoms with van der Waals surface area (Å²) < 4.78 is 31.8. The zero-order chi connectivity index (χ0) is 16.3. The van der Waals surface area contributed by atoms with E-state index in [0.29, 0.717) is 37.7 Å². The number of carbonyl (C=O) groups is 1. The number of hydrogen-bond acceptors (Lipinski definition) is 6. The fourth-order valence-corrected chi connectivity index (χ4v) is 4.88. The summed E-state index contributed by atoms with van der Waals surface area (Å²) in [6, 6.07) is 1.32. The van der Waals surface area contributed by atoms with E-state index in [1.807, 2.05) is 13.8 Å². The van der Waals surface area contributed by atoms with Gasteiger partial charge in [-0.2, -0.15) is 4.31 Å². The largest absolute Gasteiger partial charge is 0.379 e. The van der Waals surface area contributed by atoms with Crippen LogP contribution in [0.15, 0.2) is 15.3 Å². The van der Waals surface area contributed by atoms with Crippen molar-refractivity contribution in [2.45, 2.75) is 24.5 Å². The second kappa shape index (κ2) is 6.86. The Bertz CT molecular complexity index is 688. The molecule has 2 heterocycles. The molecule has 2 rings (SSSR count). The summed E-state index contributed by atoms with van der Waals surface area (Å²) in [5.74, 6) is -0.678. The molecule has 1 aromatic heterocycles. The number of morpholine rings is 1. The second-order valence-electron chi connectivity index (χ2n) is 4.87. The van der Waals surface area contributed by atoms with Crippen molar-refractivity contribution in [1.29, 1.82) is 0 Å². The number of hydrogen-bond donors (Lipinski definition) is 1. The predicted molar refractivity (Wildman–Crippen MR) is 85.5 cm³/mol. The molecule has 0 saturated carbocycles. The lowest BCUT2D eigenvalue weighted by molar-refractivity contribution is 0.0731. The number of nitrogens with zero attached hydrogens (tertiary/aromatic N) is 2. The van der Waals surface area contributed by atoms with Crippen LogP contribution >= 0.6 is 11.3 Å². The van der Waals surface area contributed by atoms with Crippen molar-refractivity contribution in [2.75, 3.05) is 26.3 Å². The van der Waals surface area contributed by atoms with Gasteiger partial charge in [-0.25, -0.2) is 13.4 Å². The lowest BCUT2D eigenvalue weighted by Gasteiger charge is -2.25. The Morgan fingerprint density at radius 3 is 2.64 bits per heavy atom. The number of primary amides is 1. The zero-order valence-corrected chi connectivity index (χ0v) is 14.2. The van der Waals surface area contributed by atoms with Crippen molar-refractivity contribution in [3.8, 4) is 0 Å². The van der Waals surface area contributed by atoms with Crippen molar-refractivity contribution < 1.29 is 17.9 Å². The minimum absolute atomic E-state index is 0.0888. The van der Waals surface area contributed by atoms with Gasteiger partial charge < -0.3 is 10.5 Å². The van der Waals surface area contributed by atoms with E-state index in [0.717, 1.165) is 17.0 Å². The van der Waals surface area contributed by atoms with E-state index < -0.39 is 15.9 Å². The molecule has 1 fully saturated rings. The average Bonchev–Trinajstić information content (AvgIpc) is 2.92. The maximum absolute atomic E-state index is 12.6. The van der Waals surface area contributed by atoms with E-state index in [9.17, 15) is 13.2 Å². The molecule has 122 valence electrons. The van der Waals surface area contributed by atoms with Gasteiger partial charge in [0, 0.05) is 18.8 Å². The van der Waals surface area contributed by atoms with Crippen LogP contribution in [0, 0.1) is 0 Å². The molecule has 1 saturated heterocycles. The highest BCUT2D eigenvalue weighted by molar-refractivity contribution is 7.91. The third-order valence-corrected chi connectivity index (χ3v) is 6.70. The summed E-state index contributed by atoms with van der Waals surface area (Å²) >= 11 is 0.973. The highest BCUT2D eigenvalue weighted by atomic mass is 32.2. The molecular formula is C13H19N3O4S2. The Hall–Kier alpha value is -1.29. The van der Waals surface area contributed by atoms with Gasteiger partial charge in [-0.3, -0.25) is 4.79 Å². The molecule has 22 heavy (non-hydrogen) atoms. The summed E-state index contributed by atoms with van der Waals surface area (Å²) in [7, 11) is -3.64. The normalized spacial score (nSPS) is 17.6. The molecule has 7 nitrogen and oxygen atoms in total. The van der Waals surface area contributed by atoms with Gasteiger partial charge >= 0.3 is 0 Å². The van der Waals surface area contributed by atoms with Crippen LogP contribution in [-0.2, 0) is 14.8 Å². The number of rotatable bonds is 5. The monoisotopic (exact) mass is 345 g/mol. The van der Waals surface area contributed by atoms with Crippen LogP contribution in [0.5, 0.6) is 0 Å². The standard InChI is InChI=1S/C13H19N3O4S2/c1-3-9(2)15-13-10(12(14)17)8-11(21-13)22(18,19)16-4-6-20-7-5-16/h8H,3-7H2,1-2H3,(H2,14,17). The summed E-state index contributed by atoms with van der Waals surface area (Å²) in [6.07, 6.45) is 0.710. The fourth-order valence-electron chi connectivity index (χ4n) is 1.91. The number of thiophene rings is 1. The van der Waals surface area contributed by atoms with Crippen LogP contribution in [-0.4, -0.2) is 50.6 Å². The molecule has 1 amide bonds. The van der Waals surface area contributed by atoms with Crippen molar-refractivity contribution in [3.63, 3.8) is 0 Å². The van der Waals surface area contributed by atoms with Crippen molar-refractivity contribution in [1.82, 2.24) is 4.31 Å². The van der Waals surface area contributed by atoms with Gasteiger partial charge in [0.2, 0.25) is 0 Å². The van der Waals surface area contributed by atoms with E-state index in [2.05, 4.69) is 4.99 Å². The van der Waals surface area contributed by atoms with Gasteiger partial charge in [0.25, 0.3) is 15.9 Å². The maximum Gasteiger partial charge on any atom is 0.252 e. The van der Waals surface area contributed by atoms with Crippen molar-refractivity contribution in [3.05, 3.63) is 11.6 Å². The number of carbonyl (C=O) groups excluding carboxylic acids is 1. The van der Waals surface area contributed by atoms with E-state index in [1.165, 1.54) is 10.4 Å². The van der Waals surface area contributed by atoms with Crippen molar-refractivity contribution in [2.24, 2.45) is 10.7 Å². The van der Waals surface area contributed by atoms with Crippen molar-refractivity contribution >= 4 is 38.0 Å². The minimum atomic E-state index is -3.64. The van der Waals surface area contributed by atoms with Crippen LogP contribution < -0.4 is 5.73 Å². The van der Waals surface area contributed by atoms with Gasteiger partial charge in [0.1, 0.15) is 9.21 Å². The van der Waals surface area contributed by atoms with Gasteiger partial charge in [0.05, 0.1) is 18.8 Å². The molecule has 0 radical (unpaired) electrons. The number of nitrogens with two attached hydrogens (primary N) is 1. The minimum Gasteiger partial charge on any atom is -0.379 e. The fraction of sp³-hybridized carbons (Fsp3) is 0.538. The molecule has 0 spiro atoms. The highest BCUT2D eigenvalue weighted by Gasteiger charge is 2.30. The SMILES string of the molecule is CCC(C)=Nc1sc(S(=O)(=O)N2CCOCC2)cc1C(N)=O. The second-order valence-corrected chi connectivity index (χ2v) is 8.06. The Kier molecular flexibility index (Phi) is 5.32. The topological polar surface area (TPSA) is 102 Å². The first-order valence-electron chi connectivity index (χ1n) is 6.92. The molecule has 0 atom stereocenters. The molecule has 0 bridgehead atoms. The lowest BCUT2D eigenvalue weighted by Crippen LogP contribution is -2.40. The molecular weight excluding hydrogens is 326 g/mol. The van der Waals surface area contributed by atoms with Crippen LogP contribution in [0.3, 0.4) is 0 Å². The molecule has 1 aromatic rings. The Balaban J connectivity index is 2.43. The van der Waals surface area contributed by atoms with E-state index in [4.69, 9.17) is 10.5 Å². The Labute approximate surface area is 133 Å². The smallest absolute Gasteiger partial charge is 0.252 e. The quantitative estimate of drug-likeness (QED) is 0.814. The average molecular weight is 345 g/mol. The van der Waals surface area contributed by atoms with E-state index in [1.54, 1.807) is 0 Å². The van der Waals surface area contributed by atoms with Gasteiger partial charge in [-0.1, -0.05) is 6.92 Å². The molecule has 0 aromatic carbocycles. The number of amides is 1. The van der Waals surface area contributed by atoms with E-state index >= 15 is 0 Å². The predicted octanol–water partition coefficient (Wildman–Crippen LogP) is 1.37. The van der Waals surface area contributed by atoms with Gasteiger partial charge in [-0.15, -0.1) is 11.3 Å². The summed E-state index contributed by atoms with van der Waals surface area (Å²) in [6.45, 7) is 5.10. The molecule has 2 N–H and O–H groups in total. The van der Waals surface area contributed by atoms with Crippen LogP contribution in [0.2, 0.25) is 0 Å². The number of sulfonamides is 1. The molecule has 1 aliphatic rings. The van der Waals surface area contributed by atoms with E-state index in [-0.39, 0.29) is 9.77 Å². The summed E-state index contributed by atoms with van der Waals surface area (Å²) in [4.78, 5) is 15.8. The summed E-state index contributed by atoms with van der Waals surface area (Å²) in [5, 5.41) is 0.346. The first-order chi connectivity index (χ1) is 10.4. The molecule has 9 heteroatoms. The zero-order valence-electron chi connectivity index (χ0n) is 12.5. The molecule has 0 unspecified atom stereocenters. The third-order valence-electron chi connectivity index (χ3n) is 3.32. The first-order valence-corrected chi connectivity index (χ1v) is 9.17.